The van der Waals surface area contributed by atoms with Gasteiger partial charge in [0.05, 0.1) is 33.2 Å². The Labute approximate surface area is 382 Å². The van der Waals surface area contributed by atoms with Crippen LogP contribution in [0.2, 0.25) is 0 Å². The molecule has 14 rings (SSSR count). The summed E-state index contributed by atoms with van der Waals surface area (Å²) in [6.07, 6.45) is 0. The Bertz CT molecular complexity index is 3810. The van der Waals surface area contributed by atoms with Gasteiger partial charge in [0.2, 0.25) is 5.78 Å². The van der Waals surface area contributed by atoms with Crippen molar-refractivity contribution < 1.29 is 0 Å². The van der Waals surface area contributed by atoms with Crippen molar-refractivity contribution in [2.45, 2.75) is 5.41 Å². The SMILES string of the molecule is c1ccc(-c2ccc(N(c3ccc(-c4ccc(-n5c6ccccc6n6c7ccccc7nc56)cc4)cc3)c3cccc4c3-c3ccccc3C43c4ccccc4-c4ccccc43)cc2)cc1. The van der Waals surface area contributed by atoms with Crippen molar-refractivity contribution in [2.24, 2.45) is 0 Å². The van der Waals surface area contributed by atoms with Crippen LogP contribution in [-0.2, 0) is 5.41 Å². The second-order valence-corrected chi connectivity index (χ2v) is 17.5. The molecule has 0 amide bonds. The van der Waals surface area contributed by atoms with Crippen molar-refractivity contribution in [2.75, 3.05) is 4.90 Å². The van der Waals surface area contributed by atoms with Gasteiger partial charge in [0.1, 0.15) is 0 Å². The van der Waals surface area contributed by atoms with Crippen LogP contribution in [0.1, 0.15) is 22.3 Å². The number of hydrogen-bond donors (Lipinski definition) is 0. The summed E-state index contributed by atoms with van der Waals surface area (Å²) in [5, 5.41) is 0. The number of imidazole rings is 2. The molecule has 4 nitrogen and oxygen atoms in total. The third kappa shape index (κ3) is 5.12. The van der Waals surface area contributed by atoms with Crippen molar-refractivity contribution >= 4 is 44.9 Å². The Morgan fingerprint density at radius 2 is 0.818 bits per heavy atom. The summed E-state index contributed by atoms with van der Waals surface area (Å²) in [5.41, 5.74) is 23.5. The standard InChI is InChI=1S/C62H40N4/c1-2-15-41(16-3-1)42-29-35-45(36-30-42)64(59-28-14-23-54-60(59)50-19-6-9-22-53(50)62(54)51-20-7-4-17-48(51)49-18-5-8-21-52(49)62)46-37-31-43(32-38-46)44-33-39-47(40-34-44)65-57-26-12-13-27-58(57)66-56-25-11-10-24-55(56)63-61(65)66/h1-40H. The molecule has 2 heterocycles. The van der Waals surface area contributed by atoms with Crippen molar-refractivity contribution in [3.05, 3.63) is 265 Å². The van der Waals surface area contributed by atoms with Gasteiger partial charge in [-0.3, -0.25) is 8.97 Å². The zero-order valence-electron chi connectivity index (χ0n) is 35.9. The lowest BCUT2D eigenvalue weighted by molar-refractivity contribution is 0.794. The lowest BCUT2D eigenvalue weighted by atomic mass is 9.70. The van der Waals surface area contributed by atoms with Crippen molar-refractivity contribution in [3.63, 3.8) is 0 Å². The highest BCUT2D eigenvalue weighted by Gasteiger charge is 2.52. The average molecular weight is 841 g/mol. The molecule has 2 aromatic heterocycles. The van der Waals surface area contributed by atoms with E-state index in [0.29, 0.717) is 0 Å². The van der Waals surface area contributed by atoms with Crippen molar-refractivity contribution in [1.82, 2.24) is 14.0 Å². The number of benzene rings is 10. The molecule has 2 aliphatic rings. The minimum absolute atomic E-state index is 0.433. The molecule has 0 aliphatic heterocycles. The molecule has 0 saturated heterocycles. The van der Waals surface area contributed by atoms with Crippen LogP contribution in [0.5, 0.6) is 0 Å². The predicted octanol–water partition coefficient (Wildman–Crippen LogP) is 15.6. The van der Waals surface area contributed by atoms with Crippen LogP contribution in [0, 0.1) is 0 Å². The first kappa shape index (κ1) is 36.7. The first-order chi connectivity index (χ1) is 32.8. The van der Waals surface area contributed by atoms with Crippen LogP contribution < -0.4 is 4.90 Å². The van der Waals surface area contributed by atoms with E-state index in [0.717, 1.165) is 61.7 Å². The van der Waals surface area contributed by atoms with Crippen LogP contribution in [0.3, 0.4) is 0 Å². The highest BCUT2D eigenvalue weighted by atomic mass is 15.2. The molecular weight excluding hydrogens is 801 g/mol. The summed E-state index contributed by atoms with van der Waals surface area (Å²) < 4.78 is 4.54. The van der Waals surface area contributed by atoms with Crippen molar-refractivity contribution in [1.29, 1.82) is 0 Å². The van der Waals surface area contributed by atoms with Gasteiger partial charge in [-0.2, -0.15) is 0 Å². The van der Waals surface area contributed by atoms with Crippen LogP contribution in [-0.4, -0.2) is 14.0 Å². The van der Waals surface area contributed by atoms with E-state index >= 15 is 0 Å². The van der Waals surface area contributed by atoms with E-state index in [-0.39, 0.29) is 0 Å². The van der Waals surface area contributed by atoms with Gasteiger partial charge in [-0.15, -0.1) is 0 Å². The van der Waals surface area contributed by atoms with E-state index in [1.165, 1.54) is 55.6 Å². The maximum absolute atomic E-state index is 5.10. The zero-order chi connectivity index (χ0) is 43.3. The van der Waals surface area contributed by atoms with Crippen molar-refractivity contribution in [3.8, 4) is 50.2 Å². The van der Waals surface area contributed by atoms with E-state index in [2.05, 4.69) is 257 Å². The minimum atomic E-state index is -0.433. The number of anilines is 3. The van der Waals surface area contributed by atoms with E-state index < -0.39 is 5.41 Å². The second-order valence-electron chi connectivity index (χ2n) is 17.5. The molecule has 0 unspecified atom stereocenters. The first-order valence-corrected chi connectivity index (χ1v) is 22.7. The van der Waals surface area contributed by atoms with E-state index in [1.54, 1.807) is 0 Å². The summed E-state index contributed by atoms with van der Waals surface area (Å²) in [4.78, 5) is 7.56. The van der Waals surface area contributed by atoms with E-state index in [1.807, 2.05) is 0 Å². The molecule has 66 heavy (non-hydrogen) atoms. The molecule has 308 valence electrons. The van der Waals surface area contributed by atoms with Crippen LogP contribution in [0.4, 0.5) is 17.1 Å². The summed E-state index contributed by atoms with van der Waals surface area (Å²) in [6, 6.07) is 88.7. The Morgan fingerprint density at radius 3 is 1.45 bits per heavy atom. The molecule has 0 bridgehead atoms. The topological polar surface area (TPSA) is 25.5 Å². The number of para-hydroxylation sites is 4. The molecule has 0 N–H and O–H groups in total. The fourth-order valence-electron chi connectivity index (χ4n) is 11.4. The molecule has 4 heteroatoms. The third-order valence-electron chi connectivity index (χ3n) is 14.2. The molecule has 10 aromatic carbocycles. The summed E-state index contributed by atoms with van der Waals surface area (Å²) in [5.74, 6) is 0.911. The average Bonchev–Trinajstić information content (AvgIpc) is 4.11. The maximum Gasteiger partial charge on any atom is 0.220 e. The maximum atomic E-state index is 5.10. The van der Waals surface area contributed by atoms with Gasteiger partial charge in [-0.05, 0) is 128 Å². The van der Waals surface area contributed by atoms with E-state index in [4.69, 9.17) is 4.98 Å². The summed E-state index contributed by atoms with van der Waals surface area (Å²) in [7, 11) is 0. The fraction of sp³-hybridized carbons (Fsp3) is 0.0161. The molecule has 0 atom stereocenters. The third-order valence-corrected chi connectivity index (χ3v) is 14.2. The molecule has 0 fully saturated rings. The smallest absolute Gasteiger partial charge is 0.220 e. The monoisotopic (exact) mass is 840 g/mol. The van der Waals surface area contributed by atoms with Gasteiger partial charge < -0.3 is 4.90 Å². The Hall–Kier alpha value is -8.73. The number of fused-ring (bicyclic) bond motifs is 15. The zero-order valence-corrected chi connectivity index (χ0v) is 35.9. The molecule has 0 saturated carbocycles. The van der Waals surface area contributed by atoms with Gasteiger partial charge in [0.15, 0.2) is 0 Å². The van der Waals surface area contributed by atoms with Gasteiger partial charge in [-0.25, -0.2) is 4.98 Å². The molecule has 2 aliphatic carbocycles. The highest BCUT2D eigenvalue weighted by Crippen LogP contribution is 2.64. The molecule has 0 radical (unpaired) electrons. The normalized spacial score (nSPS) is 13.0. The molecule has 1 spiro atoms. The Kier molecular flexibility index (Phi) is 7.87. The molecular formula is C62H40N4. The Morgan fingerprint density at radius 1 is 0.348 bits per heavy atom. The number of rotatable bonds is 6. The van der Waals surface area contributed by atoms with Gasteiger partial charge in [-0.1, -0.05) is 176 Å². The van der Waals surface area contributed by atoms with Crippen LogP contribution >= 0.6 is 0 Å². The summed E-state index contributed by atoms with van der Waals surface area (Å²) in [6.45, 7) is 0. The van der Waals surface area contributed by atoms with Crippen LogP contribution in [0.25, 0.3) is 78.0 Å². The lowest BCUT2D eigenvalue weighted by Crippen LogP contribution is -2.26. The van der Waals surface area contributed by atoms with Gasteiger partial charge >= 0.3 is 0 Å². The minimum Gasteiger partial charge on any atom is -0.310 e. The first-order valence-electron chi connectivity index (χ1n) is 22.7. The quantitative estimate of drug-likeness (QED) is 0.167. The van der Waals surface area contributed by atoms with Gasteiger partial charge in [0, 0.05) is 22.6 Å². The van der Waals surface area contributed by atoms with Gasteiger partial charge in [0.25, 0.3) is 0 Å². The second kappa shape index (κ2) is 14.1. The van der Waals surface area contributed by atoms with Crippen LogP contribution in [0.15, 0.2) is 243 Å². The fourth-order valence-corrected chi connectivity index (χ4v) is 11.4. The Balaban J connectivity index is 0.907. The largest absolute Gasteiger partial charge is 0.310 e. The summed E-state index contributed by atoms with van der Waals surface area (Å²) >= 11 is 0. The molecule has 12 aromatic rings. The number of aromatic nitrogens is 3. The number of nitrogens with zero attached hydrogens (tertiary/aromatic N) is 4. The lowest BCUT2D eigenvalue weighted by Gasteiger charge is -2.32. The van der Waals surface area contributed by atoms with E-state index in [9.17, 15) is 0 Å². The number of hydrogen-bond acceptors (Lipinski definition) is 2. The predicted molar refractivity (Wildman–Crippen MR) is 271 cm³/mol. The highest BCUT2D eigenvalue weighted by molar-refractivity contribution is 6.01.